The van der Waals surface area contributed by atoms with Gasteiger partial charge in [0.1, 0.15) is 12.0 Å². The predicted molar refractivity (Wildman–Crippen MR) is 106 cm³/mol. The van der Waals surface area contributed by atoms with Crippen molar-refractivity contribution in [2.75, 3.05) is 25.1 Å². The summed E-state index contributed by atoms with van der Waals surface area (Å²) in [5, 5.41) is 3.13. The summed E-state index contributed by atoms with van der Waals surface area (Å²) in [6.07, 6.45) is 2.49. The van der Waals surface area contributed by atoms with Gasteiger partial charge in [0.25, 0.3) is 0 Å². The molecule has 1 fully saturated rings. The van der Waals surface area contributed by atoms with Crippen LogP contribution >= 0.6 is 0 Å². The summed E-state index contributed by atoms with van der Waals surface area (Å²) in [5.74, 6) is 0.913. The Bertz CT molecular complexity index is 780. The minimum Gasteiger partial charge on any atom is -0.496 e. The molecule has 0 aliphatic carbocycles. The van der Waals surface area contributed by atoms with E-state index >= 15 is 0 Å². The molecule has 1 heterocycles. The Morgan fingerprint density at radius 2 is 1.81 bits per heavy atom. The second-order valence-electron chi connectivity index (χ2n) is 6.94. The molecule has 0 unspecified atom stereocenters. The van der Waals surface area contributed by atoms with Crippen LogP contribution in [-0.2, 0) is 4.79 Å². The van der Waals surface area contributed by atoms with Crippen LogP contribution in [0.25, 0.3) is 0 Å². The number of aldehydes is 1. The monoisotopic (exact) mass is 366 g/mol. The van der Waals surface area contributed by atoms with Crippen LogP contribution in [0.3, 0.4) is 0 Å². The van der Waals surface area contributed by atoms with Crippen LogP contribution in [0, 0.1) is 5.92 Å². The van der Waals surface area contributed by atoms with Gasteiger partial charge in [-0.2, -0.15) is 0 Å². The van der Waals surface area contributed by atoms with E-state index in [4.69, 9.17) is 4.74 Å². The number of nitrogens with zero attached hydrogens (tertiary/aromatic N) is 1. The molecule has 0 radical (unpaired) electrons. The quantitative estimate of drug-likeness (QED) is 0.794. The van der Waals surface area contributed by atoms with Crippen molar-refractivity contribution in [2.45, 2.75) is 25.8 Å². The van der Waals surface area contributed by atoms with Crippen LogP contribution < -0.4 is 15.0 Å². The summed E-state index contributed by atoms with van der Waals surface area (Å²) in [4.78, 5) is 25.7. The molecule has 2 aromatic carbocycles. The third kappa shape index (κ3) is 4.48. The number of nitrogens with one attached hydrogen (secondary N) is 1. The zero-order valence-corrected chi connectivity index (χ0v) is 15.9. The Morgan fingerprint density at radius 1 is 1.15 bits per heavy atom. The number of para-hydroxylation sites is 1. The van der Waals surface area contributed by atoms with Gasteiger partial charge in [0, 0.05) is 35.8 Å². The molecule has 0 bridgehead atoms. The molecule has 1 aliphatic heterocycles. The van der Waals surface area contributed by atoms with Crippen molar-refractivity contribution in [3.05, 3.63) is 59.7 Å². The first kappa shape index (κ1) is 19.0. The van der Waals surface area contributed by atoms with Crippen LogP contribution in [0.15, 0.2) is 48.5 Å². The summed E-state index contributed by atoms with van der Waals surface area (Å²) in [6, 6.07) is 15.3. The standard InChI is InChI=1S/C22H26N2O3/c1-16(20-5-3-4-6-21(20)27-2)23-22(26)18-11-13-24(14-12-18)19-9-7-17(15-25)8-10-19/h3-10,15-16,18H,11-14H2,1-2H3,(H,23,26)/t16-/m0/s1. The highest BCUT2D eigenvalue weighted by atomic mass is 16.5. The van der Waals surface area contributed by atoms with E-state index in [0.717, 1.165) is 49.2 Å². The van der Waals surface area contributed by atoms with Gasteiger partial charge in [0.2, 0.25) is 5.91 Å². The minimum absolute atomic E-state index is 0.0210. The van der Waals surface area contributed by atoms with E-state index in [1.54, 1.807) is 7.11 Å². The van der Waals surface area contributed by atoms with E-state index < -0.39 is 0 Å². The summed E-state index contributed by atoms with van der Waals surface area (Å²) in [5.41, 5.74) is 2.77. The Labute approximate surface area is 160 Å². The first-order chi connectivity index (χ1) is 13.1. The maximum absolute atomic E-state index is 12.7. The maximum atomic E-state index is 12.7. The molecule has 1 saturated heterocycles. The van der Waals surface area contributed by atoms with Gasteiger partial charge in [0.15, 0.2) is 0 Å². The van der Waals surface area contributed by atoms with Crippen molar-refractivity contribution in [1.29, 1.82) is 0 Å². The minimum atomic E-state index is -0.0948. The van der Waals surface area contributed by atoms with Gasteiger partial charge in [-0.3, -0.25) is 9.59 Å². The molecular formula is C22H26N2O3. The van der Waals surface area contributed by atoms with Gasteiger partial charge in [-0.25, -0.2) is 0 Å². The molecule has 2 aromatic rings. The SMILES string of the molecule is COc1ccccc1[C@H](C)NC(=O)C1CCN(c2ccc(C=O)cc2)CC1. The highest BCUT2D eigenvalue weighted by Crippen LogP contribution is 2.27. The molecule has 1 N–H and O–H groups in total. The smallest absolute Gasteiger partial charge is 0.223 e. The molecular weight excluding hydrogens is 340 g/mol. The summed E-state index contributed by atoms with van der Waals surface area (Å²) >= 11 is 0. The molecule has 1 amide bonds. The van der Waals surface area contributed by atoms with Gasteiger partial charge in [0.05, 0.1) is 13.2 Å². The lowest BCUT2D eigenvalue weighted by atomic mass is 9.94. The summed E-state index contributed by atoms with van der Waals surface area (Å²) < 4.78 is 5.39. The van der Waals surface area contributed by atoms with E-state index in [2.05, 4.69) is 10.2 Å². The molecule has 5 heteroatoms. The van der Waals surface area contributed by atoms with Crippen LogP contribution in [0.5, 0.6) is 5.75 Å². The van der Waals surface area contributed by atoms with Crippen molar-refractivity contribution in [2.24, 2.45) is 5.92 Å². The number of hydrogen-bond donors (Lipinski definition) is 1. The van der Waals surface area contributed by atoms with E-state index in [9.17, 15) is 9.59 Å². The Balaban J connectivity index is 1.55. The fourth-order valence-electron chi connectivity index (χ4n) is 3.60. The lowest BCUT2D eigenvalue weighted by Gasteiger charge is -2.33. The number of rotatable bonds is 6. The van der Waals surface area contributed by atoms with Crippen molar-refractivity contribution in [1.82, 2.24) is 5.32 Å². The Kier molecular flexibility index (Phi) is 6.12. The van der Waals surface area contributed by atoms with Gasteiger partial charge in [-0.1, -0.05) is 18.2 Å². The maximum Gasteiger partial charge on any atom is 0.223 e. The van der Waals surface area contributed by atoms with E-state index in [1.807, 2.05) is 55.5 Å². The molecule has 1 aliphatic rings. The number of methoxy groups -OCH3 is 1. The van der Waals surface area contributed by atoms with Crippen LogP contribution in [-0.4, -0.2) is 32.4 Å². The molecule has 1 atom stereocenters. The molecule has 5 nitrogen and oxygen atoms in total. The van der Waals surface area contributed by atoms with E-state index in [1.165, 1.54) is 0 Å². The molecule has 0 aromatic heterocycles. The number of anilines is 1. The fourth-order valence-corrected chi connectivity index (χ4v) is 3.60. The second kappa shape index (κ2) is 8.71. The molecule has 142 valence electrons. The normalized spacial score (nSPS) is 15.9. The van der Waals surface area contributed by atoms with Crippen LogP contribution in [0.4, 0.5) is 5.69 Å². The van der Waals surface area contributed by atoms with E-state index in [0.29, 0.717) is 5.56 Å². The van der Waals surface area contributed by atoms with Gasteiger partial charge >= 0.3 is 0 Å². The number of amides is 1. The average molecular weight is 366 g/mol. The largest absolute Gasteiger partial charge is 0.496 e. The Morgan fingerprint density at radius 3 is 2.44 bits per heavy atom. The topological polar surface area (TPSA) is 58.6 Å². The lowest BCUT2D eigenvalue weighted by molar-refractivity contribution is -0.126. The van der Waals surface area contributed by atoms with Crippen LogP contribution in [0.2, 0.25) is 0 Å². The second-order valence-corrected chi connectivity index (χ2v) is 6.94. The molecule has 27 heavy (non-hydrogen) atoms. The Hall–Kier alpha value is -2.82. The predicted octanol–water partition coefficient (Wildman–Crippen LogP) is 3.60. The summed E-state index contributed by atoms with van der Waals surface area (Å²) in [7, 11) is 1.64. The fraction of sp³-hybridized carbons (Fsp3) is 0.364. The zero-order valence-electron chi connectivity index (χ0n) is 15.9. The van der Waals surface area contributed by atoms with Crippen LogP contribution in [0.1, 0.15) is 41.7 Å². The lowest BCUT2D eigenvalue weighted by Crippen LogP contribution is -2.41. The van der Waals surface area contributed by atoms with Gasteiger partial charge < -0.3 is 15.0 Å². The number of piperidine rings is 1. The van der Waals surface area contributed by atoms with Crippen molar-refractivity contribution in [3.8, 4) is 5.75 Å². The average Bonchev–Trinajstić information content (AvgIpc) is 2.73. The number of benzene rings is 2. The summed E-state index contributed by atoms with van der Waals surface area (Å²) in [6.45, 7) is 3.66. The van der Waals surface area contributed by atoms with Crippen molar-refractivity contribution in [3.63, 3.8) is 0 Å². The highest BCUT2D eigenvalue weighted by Gasteiger charge is 2.26. The van der Waals surface area contributed by atoms with Gasteiger partial charge in [-0.15, -0.1) is 0 Å². The van der Waals surface area contributed by atoms with E-state index in [-0.39, 0.29) is 17.9 Å². The number of carbonyl (C=O) groups is 2. The number of carbonyl (C=O) groups excluding carboxylic acids is 2. The highest BCUT2D eigenvalue weighted by molar-refractivity contribution is 5.79. The van der Waals surface area contributed by atoms with Crippen molar-refractivity contribution >= 4 is 17.9 Å². The molecule has 0 spiro atoms. The van der Waals surface area contributed by atoms with Crippen molar-refractivity contribution < 1.29 is 14.3 Å². The number of hydrogen-bond acceptors (Lipinski definition) is 4. The first-order valence-corrected chi connectivity index (χ1v) is 9.36. The molecule has 0 saturated carbocycles. The number of ether oxygens (including phenoxy) is 1. The molecule has 3 rings (SSSR count). The van der Waals surface area contributed by atoms with Gasteiger partial charge in [-0.05, 0) is 50.1 Å². The first-order valence-electron chi connectivity index (χ1n) is 9.36. The zero-order chi connectivity index (χ0) is 19.2. The third-order valence-electron chi connectivity index (χ3n) is 5.22. The third-order valence-corrected chi connectivity index (χ3v) is 5.22.